The van der Waals surface area contributed by atoms with Gasteiger partial charge >= 0.3 is 0 Å². The molecule has 0 radical (unpaired) electrons. The minimum atomic E-state index is -0.449. The molecule has 1 aromatic carbocycles. The number of benzene rings is 1. The van der Waals surface area contributed by atoms with Crippen molar-refractivity contribution in [1.82, 2.24) is 4.90 Å². The molecule has 0 aliphatic heterocycles. The number of nitrogens with zero attached hydrogens (tertiary/aromatic N) is 1. The molecule has 4 nitrogen and oxygen atoms in total. The average molecular weight is 274 g/mol. The Balaban J connectivity index is 2.04. The van der Waals surface area contributed by atoms with Crippen molar-refractivity contribution in [2.75, 3.05) is 7.05 Å². The third-order valence-corrected chi connectivity index (χ3v) is 3.59. The Bertz CT molecular complexity index is 576. The molecule has 5 heteroatoms. The number of rotatable bonds is 4. The van der Waals surface area contributed by atoms with Gasteiger partial charge in [0.1, 0.15) is 0 Å². The summed E-state index contributed by atoms with van der Waals surface area (Å²) < 4.78 is 0. The van der Waals surface area contributed by atoms with E-state index in [0.29, 0.717) is 12.1 Å². The summed E-state index contributed by atoms with van der Waals surface area (Å²) in [6.07, 6.45) is 0. The van der Waals surface area contributed by atoms with Gasteiger partial charge in [-0.3, -0.25) is 9.59 Å². The van der Waals surface area contributed by atoms with E-state index in [0.717, 1.165) is 10.4 Å². The highest BCUT2D eigenvalue weighted by atomic mass is 32.1. The summed E-state index contributed by atoms with van der Waals surface area (Å²) in [4.78, 5) is 25.4. The van der Waals surface area contributed by atoms with Gasteiger partial charge in [0.2, 0.25) is 5.91 Å². The third-order valence-electron chi connectivity index (χ3n) is 2.74. The predicted octanol–water partition coefficient (Wildman–Crippen LogP) is 2.12. The van der Waals surface area contributed by atoms with Gasteiger partial charge in [-0.2, -0.15) is 0 Å². The van der Waals surface area contributed by atoms with E-state index in [1.54, 1.807) is 42.3 Å². The largest absolute Gasteiger partial charge is 0.366 e. The lowest BCUT2D eigenvalue weighted by molar-refractivity contribution is 0.0789. The van der Waals surface area contributed by atoms with Gasteiger partial charge in [-0.05, 0) is 29.1 Å². The molecule has 0 atom stereocenters. The Morgan fingerprint density at radius 2 is 1.89 bits per heavy atom. The maximum Gasteiger partial charge on any atom is 0.263 e. The second-order valence-corrected chi connectivity index (χ2v) is 5.15. The van der Waals surface area contributed by atoms with Crippen molar-refractivity contribution in [1.29, 1.82) is 0 Å². The van der Waals surface area contributed by atoms with Gasteiger partial charge in [0.05, 0.1) is 4.88 Å². The van der Waals surface area contributed by atoms with Crippen LogP contribution in [0.5, 0.6) is 0 Å². The standard InChI is InChI=1S/C14H14N2O2S/c1-16(14(18)12-3-2-8-19-12)9-10-4-6-11(7-5-10)13(15)17/h2-8H,9H2,1H3,(H2,15,17). The monoisotopic (exact) mass is 274 g/mol. The summed E-state index contributed by atoms with van der Waals surface area (Å²) in [5, 5.41) is 1.88. The lowest BCUT2D eigenvalue weighted by Crippen LogP contribution is -2.25. The molecule has 0 unspecified atom stereocenters. The molecule has 0 fully saturated rings. The normalized spacial score (nSPS) is 10.2. The molecular weight excluding hydrogens is 260 g/mol. The summed E-state index contributed by atoms with van der Waals surface area (Å²) in [7, 11) is 1.75. The zero-order valence-electron chi connectivity index (χ0n) is 10.5. The van der Waals surface area contributed by atoms with E-state index in [4.69, 9.17) is 5.73 Å². The number of thiophene rings is 1. The predicted molar refractivity (Wildman–Crippen MR) is 75.1 cm³/mol. The highest BCUT2D eigenvalue weighted by Crippen LogP contribution is 2.13. The number of primary amides is 1. The Morgan fingerprint density at radius 3 is 2.42 bits per heavy atom. The Labute approximate surface area is 115 Å². The first-order valence-corrected chi connectivity index (χ1v) is 6.63. The van der Waals surface area contributed by atoms with E-state index in [1.807, 2.05) is 11.4 Å². The van der Waals surface area contributed by atoms with Gasteiger partial charge in [-0.1, -0.05) is 18.2 Å². The van der Waals surface area contributed by atoms with Crippen LogP contribution in [0.4, 0.5) is 0 Å². The Kier molecular flexibility index (Phi) is 3.97. The summed E-state index contributed by atoms with van der Waals surface area (Å²) in [5.74, 6) is -0.455. The number of nitrogens with two attached hydrogens (primary N) is 1. The maximum atomic E-state index is 12.0. The molecule has 1 heterocycles. The molecule has 0 saturated carbocycles. The molecule has 0 spiro atoms. The Morgan fingerprint density at radius 1 is 1.21 bits per heavy atom. The minimum Gasteiger partial charge on any atom is -0.366 e. The molecule has 2 rings (SSSR count). The Hall–Kier alpha value is -2.14. The number of amides is 2. The smallest absolute Gasteiger partial charge is 0.263 e. The highest BCUT2D eigenvalue weighted by molar-refractivity contribution is 7.12. The number of carbonyl (C=O) groups is 2. The topological polar surface area (TPSA) is 63.4 Å². The fraction of sp³-hybridized carbons (Fsp3) is 0.143. The summed E-state index contributed by atoms with van der Waals surface area (Å²) in [6.45, 7) is 0.496. The summed E-state index contributed by atoms with van der Waals surface area (Å²) in [5.41, 5.74) is 6.60. The van der Waals surface area contributed by atoms with Crippen LogP contribution in [-0.4, -0.2) is 23.8 Å². The van der Waals surface area contributed by atoms with Crippen molar-refractivity contribution in [2.24, 2.45) is 5.73 Å². The minimum absolute atomic E-state index is 0.00558. The number of hydrogen-bond acceptors (Lipinski definition) is 3. The van der Waals surface area contributed by atoms with E-state index in [2.05, 4.69) is 0 Å². The van der Waals surface area contributed by atoms with Crippen molar-refractivity contribution in [3.63, 3.8) is 0 Å². The van der Waals surface area contributed by atoms with Crippen molar-refractivity contribution in [3.05, 3.63) is 57.8 Å². The molecule has 0 aliphatic rings. The molecule has 2 aromatic rings. The van der Waals surface area contributed by atoms with Crippen LogP contribution in [0.1, 0.15) is 25.6 Å². The van der Waals surface area contributed by atoms with Crippen molar-refractivity contribution >= 4 is 23.2 Å². The summed E-state index contributed by atoms with van der Waals surface area (Å²) in [6, 6.07) is 10.6. The lowest BCUT2D eigenvalue weighted by Gasteiger charge is -2.16. The molecule has 2 N–H and O–H groups in total. The summed E-state index contributed by atoms with van der Waals surface area (Å²) >= 11 is 1.42. The quantitative estimate of drug-likeness (QED) is 0.928. The van der Waals surface area contributed by atoms with E-state index >= 15 is 0 Å². The molecular formula is C14H14N2O2S. The highest BCUT2D eigenvalue weighted by Gasteiger charge is 2.12. The number of carbonyl (C=O) groups excluding carboxylic acids is 2. The molecule has 19 heavy (non-hydrogen) atoms. The lowest BCUT2D eigenvalue weighted by atomic mass is 10.1. The third kappa shape index (κ3) is 3.20. The van der Waals surface area contributed by atoms with Gasteiger partial charge in [0.15, 0.2) is 0 Å². The second-order valence-electron chi connectivity index (χ2n) is 4.20. The molecule has 0 saturated heterocycles. The van der Waals surface area contributed by atoms with Crippen LogP contribution >= 0.6 is 11.3 Å². The molecule has 1 aromatic heterocycles. The molecule has 98 valence electrons. The maximum absolute atomic E-state index is 12.0. The van der Waals surface area contributed by atoms with Crippen LogP contribution in [0.15, 0.2) is 41.8 Å². The zero-order chi connectivity index (χ0) is 13.8. The van der Waals surface area contributed by atoms with Gasteiger partial charge in [0.25, 0.3) is 5.91 Å². The van der Waals surface area contributed by atoms with Crippen LogP contribution in [0.25, 0.3) is 0 Å². The van der Waals surface area contributed by atoms with Gasteiger partial charge < -0.3 is 10.6 Å². The zero-order valence-corrected chi connectivity index (χ0v) is 11.3. The van der Waals surface area contributed by atoms with Crippen molar-refractivity contribution < 1.29 is 9.59 Å². The van der Waals surface area contributed by atoms with Gasteiger partial charge in [-0.25, -0.2) is 0 Å². The number of hydrogen-bond donors (Lipinski definition) is 1. The van der Waals surface area contributed by atoms with Crippen LogP contribution in [0.3, 0.4) is 0 Å². The van der Waals surface area contributed by atoms with E-state index in [1.165, 1.54) is 11.3 Å². The van der Waals surface area contributed by atoms with E-state index in [9.17, 15) is 9.59 Å². The van der Waals surface area contributed by atoms with Crippen molar-refractivity contribution in [3.8, 4) is 0 Å². The first-order valence-electron chi connectivity index (χ1n) is 5.75. The van der Waals surface area contributed by atoms with Crippen LogP contribution < -0.4 is 5.73 Å². The van der Waals surface area contributed by atoms with Crippen molar-refractivity contribution in [2.45, 2.75) is 6.54 Å². The van der Waals surface area contributed by atoms with Crippen LogP contribution in [0.2, 0.25) is 0 Å². The first-order chi connectivity index (χ1) is 9.08. The molecule has 0 bridgehead atoms. The van der Waals surface area contributed by atoms with Gasteiger partial charge in [0, 0.05) is 19.2 Å². The van der Waals surface area contributed by atoms with E-state index < -0.39 is 5.91 Å². The van der Waals surface area contributed by atoms with E-state index in [-0.39, 0.29) is 5.91 Å². The first kappa shape index (κ1) is 13.3. The fourth-order valence-corrected chi connectivity index (χ4v) is 2.43. The SMILES string of the molecule is CN(Cc1ccc(C(N)=O)cc1)C(=O)c1cccs1. The molecule has 0 aliphatic carbocycles. The average Bonchev–Trinajstić information content (AvgIpc) is 2.92. The second kappa shape index (κ2) is 5.67. The van der Waals surface area contributed by atoms with Crippen LogP contribution in [0, 0.1) is 0 Å². The fourth-order valence-electron chi connectivity index (χ4n) is 1.71. The van der Waals surface area contributed by atoms with Gasteiger partial charge in [-0.15, -0.1) is 11.3 Å². The molecule has 2 amide bonds. The van der Waals surface area contributed by atoms with Crippen LogP contribution in [-0.2, 0) is 6.54 Å².